The Morgan fingerprint density at radius 3 is 2.97 bits per heavy atom. The maximum absolute atomic E-state index is 13.9. The first-order valence-electron chi connectivity index (χ1n) is 11.6. The van der Waals surface area contributed by atoms with Gasteiger partial charge >= 0.3 is 11.9 Å². The van der Waals surface area contributed by atoms with Crippen molar-refractivity contribution in [3.63, 3.8) is 0 Å². The Hall–Kier alpha value is -3.12. The summed E-state index contributed by atoms with van der Waals surface area (Å²) in [6.45, 7) is 2.08. The number of benzene rings is 1. The zero-order chi connectivity index (χ0) is 26.4. The lowest BCUT2D eigenvalue weighted by Crippen LogP contribution is -2.46. The number of esters is 1. The van der Waals surface area contributed by atoms with Gasteiger partial charge < -0.3 is 19.9 Å². The molecule has 1 aromatic carbocycles. The normalized spacial score (nSPS) is 20.6. The largest absolute Gasteiger partial charge is 0.481 e. The molecule has 0 aliphatic carbocycles. The molecular weight excluding hydrogens is 523 g/mol. The van der Waals surface area contributed by atoms with Crippen molar-refractivity contribution in [3.05, 3.63) is 74.6 Å². The smallest absolute Gasteiger partial charge is 0.330 e. The maximum atomic E-state index is 13.9. The van der Waals surface area contributed by atoms with Crippen LogP contribution in [0, 0.1) is 5.82 Å². The highest BCUT2D eigenvalue weighted by molar-refractivity contribution is 7.11. The summed E-state index contributed by atoms with van der Waals surface area (Å²) in [7, 11) is 1.29. The molecule has 0 bridgehead atoms. The lowest BCUT2D eigenvalue weighted by Gasteiger charge is -2.35. The Balaban J connectivity index is 1.72. The first-order chi connectivity index (χ1) is 17.8. The van der Waals surface area contributed by atoms with Crippen LogP contribution in [-0.2, 0) is 19.1 Å². The van der Waals surface area contributed by atoms with Gasteiger partial charge in [0.05, 0.1) is 19.8 Å². The summed E-state index contributed by atoms with van der Waals surface area (Å²) in [4.78, 5) is 34.4. The fourth-order valence-corrected chi connectivity index (χ4v) is 5.03. The number of aliphatic carboxylic acids is 1. The van der Waals surface area contributed by atoms with E-state index in [1.807, 2.05) is 5.38 Å². The van der Waals surface area contributed by atoms with Gasteiger partial charge in [-0.15, -0.1) is 11.3 Å². The minimum atomic E-state index is -0.865. The number of nitrogens with zero attached hydrogens (tertiary/aromatic N) is 3. The third-order valence-corrected chi connectivity index (χ3v) is 7.05. The van der Waals surface area contributed by atoms with Crippen LogP contribution < -0.4 is 5.32 Å². The molecule has 0 spiro atoms. The number of amidine groups is 1. The van der Waals surface area contributed by atoms with Gasteiger partial charge in [-0.1, -0.05) is 17.7 Å². The summed E-state index contributed by atoms with van der Waals surface area (Å²) in [5.41, 5.74) is 1.99. The number of carboxylic acid groups (broad SMARTS) is 1. The number of aromatic nitrogens is 1. The minimum Gasteiger partial charge on any atom is -0.481 e. The molecule has 2 aliphatic rings. The predicted octanol–water partition coefficient (Wildman–Crippen LogP) is 3.58. The number of carbonyl (C=O) groups is 2. The van der Waals surface area contributed by atoms with E-state index < -0.39 is 23.8 Å². The molecule has 0 saturated carbocycles. The zero-order valence-corrected chi connectivity index (χ0v) is 21.6. The lowest BCUT2D eigenvalue weighted by molar-refractivity contribution is -0.138. The summed E-state index contributed by atoms with van der Waals surface area (Å²) in [6.07, 6.45) is 4.84. The number of morpholine rings is 1. The Labute approximate surface area is 222 Å². The molecular formula is C25H26ClFN4O5S. The summed E-state index contributed by atoms with van der Waals surface area (Å²) < 4.78 is 24.4. The van der Waals surface area contributed by atoms with E-state index in [0.29, 0.717) is 54.6 Å². The second-order valence-electron chi connectivity index (χ2n) is 8.46. The summed E-state index contributed by atoms with van der Waals surface area (Å²) in [5, 5.41) is 15.1. The number of halogens is 2. The Morgan fingerprint density at radius 2 is 2.27 bits per heavy atom. The van der Waals surface area contributed by atoms with Crippen molar-refractivity contribution < 1.29 is 28.6 Å². The van der Waals surface area contributed by atoms with E-state index in [4.69, 9.17) is 31.2 Å². The number of methoxy groups -OCH3 is 1. The van der Waals surface area contributed by atoms with Crippen LogP contribution in [0.25, 0.3) is 0 Å². The molecule has 1 unspecified atom stereocenters. The maximum Gasteiger partial charge on any atom is 0.330 e. The molecule has 0 radical (unpaired) electrons. The van der Waals surface area contributed by atoms with Crippen molar-refractivity contribution in [3.8, 4) is 0 Å². The second-order valence-corrected chi connectivity index (χ2v) is 9.76. The van der Waals surface area contributed by atoms with Crippen LogP contribution in [0.1, 0.15) is 29.5 Å². The van der Waals surface area contributed by atoms with Crippen molar-refractivity contribution in [1.82, 2.24) is 15.2 Å². The van der Waals surface area contributed by atoms with Gasteiger partial charge in [0, 0.05) is 60.0 Å². The molecule has 2 aromatic rings. The van der Waals surface area contributed by atoms with Gasteiger partial charge in [0.2, 0.25) is 0 Å². The number of thiazole rings is 1. The molecule has 12 heteroatoms. The third-order valence-electron chi connectivity index (χ3n) is 5.95. The molecule has 9 nitrogen and oxygen atoms in total. The fourth-order valence-electron chi connectivity index (χ4n) is 4.18. The van der Waals surface area contributed by atoms with Gasteiger partial charge in [-0.25, -0.2) is 14.2 Å². The average molecular weight is 549 g/mol. The van der Waals surface area contributed by atoms with E-state index >= 15 is 0 Å². The van der Waals surface area contributed by atoms with Crippen molar-refractivity contribution in [1.29, 1.82) is 0 Å². The molecule has 1 aromatic heterocycles. The van der Waals surface area contributed by atoms with Gasteiger partial charge in [0.1, 0.15) is 11.9 Å². The molecule has 37 heavy (non-hydrogen) atoms. The molecule has 2 atom stereocenters. The third kappa shape index (κ3) is 7.01. The summed E-state index contributed by atoms with van der Waals surface area (Å²) >= 11 is 7.87. The van der Waals surface area contributed by atoms with Gasteiger partial charge in [-0.2, -0.15) is 0 Å². The fraction of sp³-hybridized carbons (Fsp3) is 0.360. The second kappa shape index (κ2) is 12.4. The van der Waals surface area contributed by atoms with E-state index in [2.05, 4.69) is 15.2 Å². The monoisotopic (exact) mass is 548 g/mol. The van der Waals surface area contributed by atoms with Crippen molar-refractivity contribution in [2.75, 3.05) is 33.4 Å². The average Bonchev–Trinajstić information content (AvgIpc) is 3.42. The predicted molar refractivity (Wildman–Crippen MR) is 137 cm³/mol. The van der Waals surface area contributed by atoms with E-state index in [1.165, 1.54) is 36.7 Å². The molecule has 2 aliphatic heterocycles. The van der Waals surface area contributed by atoms with Gasteiger partial charge in [-0.05, 0) is 30.2 Å². The first-order valence-corrected chi connectivity index (χ1v) is 12.8. The van der Waals surface area contributed by atoms with Crippen LogP contribution in [0.4, 0.5) is 4.39 Å². The number of carbonyl (C=O) groups excluding carboxylic acids is 1. The molecule has 0 amide bonds. The molecule has 2 N–H and O–H groups in total. The van der Waals surface area contributed by atoms with Crippen LogP contribution in [-0.4, -0.2) is 72.2 Å². The molecule has 1 fully saturated rings. The van der Waals surface area contributed by atoms with Crippen LogP contribution in [0.3, 0.4) is 0 Å². The molecule has 4 rings (SSSR count). The highest BCUT2D eigenvalue weighted by atomic mass is 35.5. The summed E-state index contributed by atoms with van der Waals surface area (Å²) in [6, 6.07) is 3.48. The number of rotatable bonds is 9. The van der Waals surface area contributed by atoms with Crippen LogP contribution in [0.15, 0.2) is 58.2 Å². The van der Waals surface area contributed by atoms with E-state index in [-0.39, 0.29) is 17.5 Å². The quantitative estimate of drug-likeness (QED) is 0.361. The van der Waals surface area contributed by atoms with Gasteiger partial charge in [0.15, 0.2) is 10.8 Å². The van der Waals surface area contributed by atoms with Crippen LogP contribution in [0.5, 0.6) is 0 Å². The van der Waals surface area contributed by atoms with Crippen LogP contribution >= 0.6 is 22.9 Å². The molecule has 1 saturated heterocycles. The highest BCUT2D eigenvalue weighted by Crippen LogP contribution is 2.37. The SMILES string of the molecule is COC(=O)/C=C/C1=C(CN2CCO[C@H](CCC(=O)O)C2)NC(c2nccs2)=NC1c1ccc(F)cc1Cl. The lowest BCUT2D eigenvalue weighted by atomic mass is 9.94. The number of nitrogens with one attached hydrogen (secondary N) is 1. The van der Waals surface area contributed by atoms with Gasteiger partial charge in [0.25, 0.3) is 0 Å². The van der Waals surface area contributed by atoms with E-state index in [1.54, 1.807) is 18.3 Å². The number of hydrogen-bond donors (Lipinski definition) is 2. The number of ether oxygens (including phenoxy) is 2. The Morgan fingerprint density at radius 1 is 1.43 bits per heavy atom. The topological polar surface area (TPSA) is 113 Å². The van der Waals surface area contributed by atoms with E-state index in [9.17, 15) is 14.0 Å². The van der Waals surface area contributed by atoms with Crippen molar-refractivity contribution >= 4 is 40.7 Å². The molecule has 196 valence electrons. The van der Waals surface area contributed by atoms with Gasteiger partial charge in [-0.3, -0.25) is 14.7 Å². The van der Waals surface area contributed by atoms with Crippen molar-refractivity contribution in [2.24, 2.45) is 4.99 Å². The first kappa shape index (κ1) is 26.9. The Kier molecular flexibility index (Phi) is 9.04. The number of carboxylic acids is 1. The zero-order valence-electron chi connectivity index (χ0n) is 20.0. The van der Waals surface area contributed by atoms with E-state index in [0.717, 1.165) is 5.70 Å². The summed E-state index contributed by atoms with van der Waals surface area (Å²) in [5.74, 6) is -1.34. The molecule has 3 heterocycles. The Bertz CT molecular complexity index is 1230. The van der Waals surface area contributed by atoms with Crippen LogP contribution in [0.2, 0.25) is 5.02 Å². The highest BCUT2D eigenvalue weighted by Gasteiger charge is 2.30. The minimum absolute atomic E-state index is 0.0264. The van der Waals surface area contributed by atoms with Crippen molar-refractivity contribution in [2.45, 2.75) is 25.0 Å². The standard InChI is InChI=1S/C25H26ClFN4O5S/c1-35-22(34)7-5-18-20(14-31-9-10-36-16(13-31)3-6-21(32)33)29-24(25-28-8-11-37-25)30-23(18)17-4-2-15(27)12-19(17)26/h2,4-5,7-8,11-12,16,23H,3,6,9-10,13-14H2,1H3,(H,29,30)(H,32,33)/b7-5+/t16-,23?/m1/s1. The number of hydrogen-bond acceptors (Lipinski definition) is 9. The number of aliphatic imine (C=N–C) groups is 1.